The Labute approximate surface area is 156 Å². The molecule has 2 aromatic heterocycles. The first kappa shape index (κ1) is 16.7. The van der Waals surface area contributed by atoms with E-state index in [1.807, 2.05) is 39.0 Å². The number of fused-ring (bicyclic) bond motifs is 1. The number of hydrogen-bond acceptors (Lipinski definition) is 4. The van der Waals surface area contributed by atoms with Gasteiger partial charge < -0.3 is 0 Å². The van der Waals surface area contributed by atoms with Gasteiger partial charge in [-0.3, -0.25) is 9.69 Å². The van der Waals surface area contributed by atoms with Crippen molar-refractivity contribution in [3.63, 3.8) is 0 Å². The third-order valence-corrected chi connectivity index (χ3v) is 4.96. The molecule has 0 saturated heterocycles. The molecule has 1 aromatic carbocycles. The molecule has 0 spiro atoms. The Morgan fingerprint density at radius 1 is 0.962 bits per heavy atom. The zero-order chi connectivity index (χ0) is 18.5. The van der Waals surface area contributed by atoms with Gasteiger partial charge in [0.2, 0.25) is 5.91 Å². The summed E-state index contributed by atoms with van der Waals surface area (Å²) in [5.74, 6) is 0.731. The number of carbonyl (C=O) groups excluding carboxylic acids is 1. The smallest absolute Gasteiger partial charge is 0.241 e. The topological polar surface area (TPSA) is 59.0 Å². The predicted molar refractivity (Wildman–Crippen MR) is 102 cm³/mol. The molecule has 0 fully saturated rings. The van der Waals surface area contributed by atoms with Crippen LogP contribution < -0.4 is 4.90 Å². The Balaban J connectivity index is 1.87. The Morgan fingerprint density at radius 3 is 2.35 bits per heavy atom. The molecule has 1 amide bonds. The monoisotopic (exact) mass is 364 g/mol. The second-order valence-electron chi connectivity index (χ2n) is 6.86. The van der Waals surface area contributed by atoms with Crippen LogP contribution in [0.3, 0.4) is 0 Å². The summed E-state index contributed by atoms with van der Waals surface area (Å²) >= 11 is 5.90. The SMILES string of the molecule is Cc1ncc(-c2ccc3c(c2)N(c2ccc(Cl)nc2)C(=O)C3(C)C)cn1. The molecule has 5 nitrogen and oxygen atoms in total. The van der Waals surface area contributed by atoms with Gasteiger partial charge in [-0.2, -0.15) is 0 Å². The number of hydrogen-bond donors (Lipinski definition) is 0. The van der Waals surface area contributed by atoms with Crippen molar-refractivity contribution >= 4 is 28.9 Å². The number of carbonyl (C=O) groups is 1. The van der Waals surface area contributed by atoms with Crippen molar-refractivity contribution in [2.45, 2.75) is 26.2 Å². The van der Waals surface area contributed by atoms with Crippen molar-refractivity contribution in [2.24, 2.45) is 0 Å². The molecule has 0 saturated carbocycles. The summed E-state index contributed by atoms with van der Waals surface area (Å²) in [6.45, 7) is 5.72. The lowest BCUT2D eigenvalue weighted by Gasteiger charge is -2.20. The largest absolute Gasteiger partial charge is 0.278 e. The first-order valence-corrected chi connectivity index (χ1v) is 8.65. The number of rotatable bonds is 2. The van der Waals surface area contributed by atoms with Crippen LogP contribution in [0.15, 0.2) is 48.9 Å². The molecule has 26 heavy (non-hydrogen) atoms. The Kier molecular flexibility index (Phi) is 3.77. The van der Waals surface area contributed by atoms with Crippen molar-refractivity contribution in [1.29, 1.82) is 0 Å². The number of pyridine rings is 1. The Bertz CT molecular complexity index is 997. The van der Waals surface area contributed by atoms with Crippen LogP contribution in [0.5, 0.6) is 0 Å². The minimum Gasteiger partial charge on any atom is -0.278 e. The van der Waals surface area contributed by atoms with Crippen molar-refractivity contribution in [3.8, 4) is 11.1 Å². The molecular formula is C20H17ClN4O. The van der Waals surface area contributed by atoms with Crippen molar-refractivity contribution < 1.29 is 4.79 Å². The molecular weight excluding hydrogens is 348 g/mol. The second-order valence-corrected chi connectivity index (χ2v) is 7.24. The van der Waals surface area contributed by atoms with E-state index in [0.717, 1.165) is 28.2 Å². The number of anilines is 2. The molecule has 0 unspecified atom stereocenters. The zero-order valence-electron chi connectivity index (χ0n) is 14.7. The number of halogens is 1. The van der Waals surface area contributed by atoms with Crippen molar-refractivity contribution in [1.82, 2.24) is 15.0 Å². The number of amides is 1. The number of nitrogens with zero attached hydrogens (tertiary/aromatic N) is 4. The molecule has 1 aliphatic rings. The fourth-order valence-electron chi connectivity index (χ4n) is 3.23. The van der Waals surface area contributed by atoms with Gasteiger partial charge in [-0.05, 0) is 50.1 Å². The zero-order valence-corrected chi connectivity index (χ0v) is 15.4. The Morgan fingerprint density at radius 2 is 1.69 bits per heavy atom. The van der Waals surface area contributed by atoms with Crippen LogP contribution in [-0.2, 0) is 10.2 Å². The highest BCUT2D eigenvalue weighted by atomic mass is 35.5. The van der Waals surface area contributed by atoms with Gasteiger partial charge in [0.1, 0.15) is 11.0 Å². The molecule has 4 rings (SSSR count). The van der Waals surface area contributed by atoms with Gasteiger partial charge >= 0.3 is 0 Å². The van der Waals surface area contributed by atoms with Crippen LogP contribution in [0.4, 0.5) is 11.4 Å². The molecule has 0 N–H and O–H groups in total. The van der Waals surface area contributed by atoms with Gasteiger partial charge in [-0.1, -0.05) is 23.7 Å². The molecule has 0 bridgehead atoms. The summed E-state index contributed by atoms with van der Waals surface area (Å²) in [6, 6.07) is 9.51. The summed E-state index contributed by atoms with van der Waals surface area (Å²) in [4.78, 5) is 27.5. The number of benzene rings is 1. The molecule has 0 aliphatic carbocycles. The lowest BCUT2D eigenvalue weighted by Crippen LogP contribution is -2.33. The van der Waals surface area contributed by atoms with Crippen LogP contribution in [0.1, 0.15) is 25.2 Å². The van der Waals surface area contributed by atoms with Gasteiger partial charge in [0.15, 0.2) is 0 Å². The van der Waals surface area contributed by atoms with Crippen molar-refractivity contribution in [3.05, 3.63) is 65.5 Å². The molecule has 6 heteroatoms. The van der Waals surface area contributed by atoms with Gasteiger partial charge in [0.05, 0.1) is 23.0 Å². The lowest BCUT2D eigenvalue weighted by atomic mass is 9.85. The van der Waals surface area contributed by atoms with Crippen LogP contribution >= 0.6 is 11.6 Å². The third-order valence-electron chi connectivity index (χ3n) is 4.73. The first-order valence-electron chi connectivity index (χ1n) is 8.27. The highest BCUT2D eigenvalue weighted by Crippen LogP contribution is 2.46. The quantitative estimate of drug-likeness (QED) is 0.630. The average Bonchev–Trinajstić information content (AvgIpc) is 2.83. The molecule has 0 radical (unpaired) electrons. The summed E-state index contributed by atoms with van der Waals surface area (Å²) in [5, 5.41) is 0.394. The molecule has 130 valence electrons. The van der Waals surface area contributed by atoms with E-state index in [1.165, 1.54) is 0 Å². The van der Waals surface area contributed by atoms with Gasteiger partial charge in [0.25, 0.3) is 0 Å². The van der Waals surface area contributed by atoms with E-state index in [2.05, 4.69) is 15.0 Å². The summed E-state index contributed by atoms with van der Waals surface area (Å²) in [7, 11) is 0. The average molecular weight is 365 g/mol. The highest BCUT2D eigenvalue weighted by molar-refractivity contribution is 6.29. The van der Waals surface area contributed by atoms with Crippen LogP contribution in [0, 0.1) is 6.92 Å². The maximum absolute atomic E-state index is 13.1. The fraction of sp³-hybridized carbons (Fsp3) is 0.200. The van der Waals surface area contributed by atoms with E-state index in [0.29, 0.717) is 10.8 Å². The minimum atomic E-state index is -0.614. The standard InChI is InChI=1S/C20H17ClN4O/c1-12-22-9-14(10-23-12)13-4-6-16-17(8-13)25(19(26)20(16,2)3)15-5-7-18(21)24-11-15/h4-11H,1-3H3. The normalized spacial score (nSPS) is 15.2. The molecule has 3 aromatic rings. The van der Waals surface area contributed by atoms with E-state index in [9.17, 15) is 4.79 Å². The minimum absolute atomic E-state index is 0.00827. The third kappa shape index (κ3) is 2.56. The lowest BCUT2D eigenvalue weighted by molar-refractivity contribution is -0.121. The maximum atomic E-state index is 13.1. The van der Waals surface area contributed by atoms with Gasteiger partial charge in [-0.25, -0.2) is 15.0 Å². The van der Waals surface area contributed by atoms with E-state index in [1.54, 1.807) is 35.6 Å². The molecule has 3 heterocycles. The van der Waals surface area contributed by atoms with E-state index >= 15 is 0 Å². The van der Waals surface area contributed by atoms with Crippen LogP contribution in [0.25, 0.3) is 11.1 Å². The summed E-state index contributed by atoms with van der Waals surface area (Å²) in [5.41, 5.74) is 3.78. The summed E-state index contributed by atoms with van der Waals surface area (Å²) in [6.07, 6.45) is 5.20. The molecule has 1 aliphatic heterocycles. The number of aromatic nitrogens is 3. The highest BCUT2D eigenvalue weighted by Gasteiger charge is 2.44. The van der Waals surface area contributed by atoms with Gasteiger partial charge in [0, 0.05) is 18.0 Å². The summed E-state index contributed by atoms with van der Waals surface area (Å²) < 4.78 is 0. The Hall–Kier alpha value is -2.79. The van der Waals surface area contributed by atoms with E-state index in [4.69, 9.17) is 11.6 Å². The number of aryl methyl sites for hydroxylation is 1. The molecule has 0 atom stereocenters. The fourth-order valence-corrected chi connectivity index (χ4v) is 3.34. The van der Waals surface area contributed by atoms with Crippen LogP contribution in [-0.4, -0.2) is 20.9 Å². The first-order chi connectivity index (χ1) is 12.4. The predicted octanol–water partition coefficient (Wildman–Crippen LogP) is 4.46. The van der Waals surface area contributed by atoms with E-state index < -0.39 is 5.41 Å². The second kappa shape index (κ2) is 5.88. The van der Waals surface area contributed by atoms with E-state index in [-0.39, 0.29) is 5.91 Å². The van der Waals surface area contributed by atoms with Gasteiger partial charge in [-0.15, -0.1) is 0 Å². The maximum Gasteiger partial charge on any atom is 0.241 e. The van der Waals surface area contributed by atoms with Crippen molar-refractivity contribution in [2.75, 3.05) is 4.90 Å². The van der Waals surface area contributed by atoms with Crippen LogP contribution in [0.2, 0.25) is 5.15 Å².